The number of hydrogen-bond acceptors (Lipinski definition) is 5. The van der Waals surface area contributed by atoms with Crippen molar-refractivity contribution in [2.24, 2.45) is 0 Å². The molecule has 2 aromatic rings. The molecular weight excluding hydrogens is 284 g/mol. The summed E-state index contributed by atoms with van der Waals surface area (Å²) < 4.78 is 5.01. The molecule has 2 heterocycles. The largest absolute Gasteiger partial charge is 0.337 e. The van der Waals surface area contributed by atoms with E-state index in [1.807, 2.05) is 24.3 Å². The van der Waals surface area contributed by atoms with E-state index in [4.69, 9.17) is 4.52 Å². The van der Waals surface area contributed by atoms with Crippen molar-refractivity contribution in [1.29, 1.82) is 0 Å². The number of benzene rings is 1. The Balaban J connectivity index is 1.68. The number of urea groups is 1. The minimum atomic E-state index is -0.942. The lowest BCUT2D eigenvalue weighted by Gasteiger charge is -2.21. The van der Waals surface area contributed by atoms with Crippen LogP contribution < -0.4 is 5.32 Å². The van der Waals surface area contributed by atoms with Crippen LogP contribution in [0.1, 0.15) is 29.3 Å². The van der Waals surface area contributed by atoms with Gasteiger partial charge in [0.25, 0.3) is 5.91 Å². The number of aromatic nitrogens is 2. The molecule has 1 N–H and O–H groups in total. The molecule has 1 aliphatic carbocycles. The Hall–Kier alpha value is -2.70. The van der Waals surface area contributed by atoms with E-state index < -0.39 is 11.6 Å². The minimum absolute atomic E-state index is 0.00454. The predicted octanol–water partition coefficient (Wildman–Crippen LogP) is 1.27. The summed E-state index contributed by atoms with van der Waals surface area (Å²) in [5.74, 6) is 0.477. The highest BCUT2D eigenvalue weighted by molar-refractivity contribution is 6.07. The molecule has 1 spiro atoms. The molecule has 1 aromatic carbocycles. The van der Waals surface area contributed by atoms with Gasteiger partial charge in [-0.05, 0) is 30.9 Å². The van der Waals surface area contributed by atoms with Crippen LogP contribution in [0.15, 0.2) is 28.8 Å². The summed E-state index contributed by atoms with van der Waals surface area (Å²) in [6.07, 6.45) is 1.35. The lowest BCUT2D eigenvalue weighted by atomic mass is 9.92. The molecule has 0 unspecified atom stereocenters. The molecule has 3 amide bonds. The number of hydrogen-bond donors (Lipinski definition) is 1. The summed E-state index contributed by atoms with van der Waals surface area (Å²) >= 11 is 0. The van der Waals surface area contributed by atoms with E-state index in [-0.39, 0.29) is 18.3 Å². The van der Waals surface area contributed by atoms with E-state index in [0.29, 0.717) is 12.2 Å². The van der Waals surface area contributed by atoms with Gasteiger partial charge in [-0.3, -0.25) is 9.69 Å². The Bertz CT molecular complexity index is 785. The van der Waals surface area contributed by atoms with Crippen LogP contribution in [0.3, 0.4) is 0 Å². The first kappa shape index (κ1) is 13.0. The summed E-state index contributed by atoms with van der Waals surface area (Å²) in [6.45, 7) is 1.68. The number of rotatable bonds is 2. The first-order chi connectivity index (χ1) is 10.6. The van der Waals surface area contributed by atoms with E-state index in [9.17, 15) is 9.59 Å². The Labute approximate surface area is 126 Å². The van der Waals surface area contributed by atoms with Gasteiger partial charge < -0.3 is 9.84 Å². The highest BCUT2D eigenvalue weighted by atomic mass is 16.5. The number of imide groups is 1. The van der Waals surface area contributed by atoms with Crippen molar-refractivity contribution in [3.63, 3.8) is 0 Å². The Morgan fingerprint density at radius 3 is 2.95 bits per heavy atom. The predicted molar refractivity (Wildman–Crippen MR) is 74.6 cm³/mol. The fourth-order valence-corrected chi connectivity index (χ4v) is 3.27. The maximum Gasteiger partial charge on any atom is 0.325 e. The lowest BCUT2D eigenvalue weighted by Crippen LogP contribution is -2.41. The zero-order chi connectivity index (χ0) is 15.3. The van der Waals surface area contributed by atoms with Crippen molar-refractivity contribution in [3.8, 4) is 0 Å². The molecule has 22 heavy (non-hydrogen) atoms. The lowest BCUT2D eigenvalue weighted by molar-refractivity contribution is -0.132. The summed E-state index contributed by atoms with van der Waals surface area (Å²) in [7, 11) is 0. The van der Waals surface area contributed by atoms with Gasteiger partial charge in [0.2, 0.25) is 5.89 Å². The number of aryl methyl sites for hydroxylation is 2. The molecule has 1 aliphatic heterocycles. The SMILES string of the molecule is Cc1noc(CN2C(=O)N[C@]3(CCc4ccccc43)C2=O)n1. The molecule has 0 saturated carbocycles. The van der Waals surface area contributed by atoms with Crippen LogP contribution in [-0.2, 0) is 23.3 Å². The Morgan fingerprint density at radius 2 is 2.18 bits per heavy atom. The molecule has 4 rings (SSSR count). The van der Waals surface area contributed by atoms with Crippen LogP contribution in [0, 0.1) is 6.92 Å². The monoisotopic (exact) mass is 298 g/mol. The fourth-order valence-electron chi connectivity index (χ4n) is 3.27. The second kappa shape index (κ2) is 4.40. The van der Waals surface area contributed by atoms with Gasteiger partial charge in [-0.25, -0.2) is 4.79 Å². The summed E-state index contributed by atoms with van der Waals surface area (Å²) in [6, 6.07) is 7.31. The van der Waals surface area contributed by atoms with Gasteiger partial charge in [0.1, 0.15) is 12.1 Å². The average Bonchev–Trinajstić information content (AvgIpc) is 3.15. The summed E-state index contributed by atoms with van der Waals surface area (Å²) in [5, 5.41) is 6.54. The molecule has 0 radical (unpaired) electrons. The fraction of sp³-hybridized carbons (Fsp3) is 0.333. The Morgan fingerprint density at radius 1 is 1.36 bits per heavy atom. The molecule has 1 atom stereocenters. The second-order valence-electron chi connectivity index (χ2n) is 5.62. The van der Waals surface area contributed by atoms with E-state index in [1.165, 1.54) is 0 Å². The Kier molecular flexibility index (Phi) is 2.60. The molecule has 0 bridgehead atoms. The molecular formula is C15H14N4O3. The zero-order valence-electron chi connectivity index (χ0n) is 12.0. The van der Waals surface area contributed by atoms with Crippen molar-refractivity contribution >= 4 is 11.9 Å². The molecule has 7 nitrogen and oxygen atoms in total. The van der Waals surface area contributed by atoms with Gasteiger partial charge in [-0.2, -0.15) is 4.98 Å². The highest BCUT2D eigenvalue weighted by Crippen LogP contribution is 2.41. The third kappa shape index (κ3) is 1.68. The molecule has 7 heteroatoms. The van der Waals surface area contributed by atoms with E-state index in [0.717, 1.165) is 22.4 Å². The van der Waals surface area contributed by atoms with Gasteiger partial charge in [0.05, 0.1) is 0 Å². The van der Waals surface area contributed by atoms with Crippen LogP contribution >= 0.6 is 0 Å². The summed E-state index contributed by atoms with van der Waals surface area (Å²) in [5.41, 5.74) is 1.05. The van der Waals surface area contributed by atoms with Crippen LogP contribution in [0.25, 0.3) is 0 Å². The van der Waals surface area contributed by atoms with Gasteiger partial charge in [-0.15, -0.1) is 0 Å². The van der Waals surface area contributed by atoms with E-state index in [1.54, 1.807) is 6.92 Å². The number of nitrogens with zero attached hydrogens (tertiary/aromatic N) is 3. The van der Waals surface area contributed by atoms with E-state index >= 15 is 0 Å². The van der Waals surface area contributed by atoms with Crippen LogP contribution in [0.5, 0.6) is 0 Å². The zero-order valence-corrected chi connectivity index (χ0v) is 12.0. The van der Waals surface area contributed by atoms with Crippen molar-refractivity contribution in [2.45, 2.75) is 31.8 Å². The number of fused-ring (bicyclic) bond motifs is 2. The van der Waals surface area contributed by atoms with Gasteiger partial charge in [0.15, 0.2) is 5.82 Å². The van der Waals surface area contributed by atoms with Crippen molar-refractivity contribution in [1.82, 2.24) is 20.4 Å². The number of amides is 3. The van der Waals surface area contributed by atoms with Crippen LogP contribution in [0.4, 0.5) is 4.79 Å². The molecule has 2 aliphatic rings. The quantitative estimate of drug-likeness (QED) is 0.843. The van der Waals surface area contributed by atoms with E-state index in [2.05, 4.69) is 15.5 Å². The maximum atomic E-state index is 12.9. The van der Waals surface area contributed by atoms with Crippen molar-refractivity contribution < 1.29 is 14.1 Å². The van der Waals surface area contributed by atoms with Crippen LogP contribution in [-0.4, -0.2) is 27.0 Å². The first-order valence-corrected chi connectivity index (χ1v) is 7.12. The molecule has 1 fully saturated rings. The normalized spacial score (nSPS) is 23.2. The topological polar surface area (TPSA) is 88.3 Å². The highest BCUT2D eigenvalue weighted by Gasteiger charge is 2.55. The van der Waals surface area contributed by atoms with Crippen LogP contribution in [0.2, 0.25) is 0 Å². The number of carbonyl (C=O) groups is 2. The number of nitrogens with one attached hydrogen (secondary N) is 1. The van der Waals surface area contributed by atoms with Crippen molar-refractivity contribution in [2.75, 3.05) is 0 Å². The molecule has 112 valence electrons. The summed E-state index contributed by atoms with van der Waals surface area (Å²) in [4.78, 5) is 30.3. The first-order valence-electron chi connectivity index (χ1n) is 7.12. The molecule has 1 aromatic heterocycles. The average molecular weight is 298 g/mol. The minimum Gasteiger partial charge on any atom is -0.337 e. The van der Waals surface area contributed by atoms with Crippen molar-refractivity contribution in [3.05, 3.63) is 47.1 Å². The standard InChI is InChI=1S/C15H14N4O3/c1-9-16-12(22-18-9)8-19-13(20)15(17-14(19)21)7-6-10-4-2-3-5-11(10)15/h2-5H,6-8H2,1H3,(H,17,21)/t15-/m0/s1. The van der Waals surface area contributed by atoms with Gasteiger partial charge in [-0.1, -0.05) is 29.4 Å². The second-order valence-corrected chi connectivity index (χ2v) is 5.62. The molecule has 1 saturated heterocycles. The third-order valence-corrected chi connectivity index (χ3v) is 4.29. The maximum absolute atomic E-state index is 12.9. The third-order valence-electron chi connectivity index (χ3n) is 4.29. The number of carbonyl (C=O) groups excluding carboxylic acids is 2. The smallest absolute Gasteiger partial charge is 0.325 e. The van der Waals surface area contributed by atoms with Gasteiger partial charge in [0, 0.05) is 0 Å². The van der Waals surface area contributed by atoms with Gasteiger partial charge >= 0.3 is 6.03 Å².